The zero-order chi connectivity index (χ0) is 25.4. The minimum absolute atomic E-state index is 0.0160. The number of hydrogen-bond acceptors (Lipinski definition) is 8. The van der Waals surface area contributed by atoms with Gasteiger partial charge in [0.05, 0.1) is 18.5 Å². The second-order valence-corrected chi connectivity index (χ2v) is 13.8. The molecule has 2 N–H and O–H groups in total. The third-order valence-electron chi connectivity index (χ3n) is 9.10. The van der Waals surface area contributed by atoms with Crippen LogP contribution in [0.2, 0.25) is 0 Å². The van der Waals surface area contributed by atoms with Gasteiger partial charge < -0.3 is 19.9 Å². The average molecular weight is 536 g/mol. The summed E-state index contributed by atoms with van der Waals surface area (Å²) in [6.07, 6.45) is 8.58. The highest BCUT2D eigenvalue weighted by molar-refractivity contribution is 7.89. The molecule has 206 valence electrons. The van der Waals surface area contributed by atoms with Crippen LogP contribution in [0.1, 0.15) is 86.4 Å². The molecular weight excluding hydrogens is 494 g/mol. The first-order valence-electron chi connectivity index (χ1n) is 14.3. The van der Waals surface area contributed by atoms with E-state index in [0.717, 1.165) is 96.5 Å². The Kier molecular flexibility index (Phi) is 7.59. The molecule has 4 heterocycles. The van der Waals surface area contributed by atoms with E-state index in [2.05, 4.69) is 20.7 Å². The summed E-state index contributed by atoms with van der Waals surface area (Å²) in [4.78, 5) is 15.2. The molecule has 5 fully saturated rings. The largest absolute Gasteiger partial charge is 0.379 e. The third-order valence-corrected chi connectivity index (χ3v) is 11.6. The first-order chi connectivity index (χ1) is 18.0. The van der Waals surface area contributed by atoms with E-state index in [1.807, 2.05) is 4.31 Å². The van der Waals surface area contributed by atoms with E-state index in [-0.39, 0.29) is 29.3 Å². The van der Waals surface area contributed by atoms with Crippen LogP contribution >= 0.6 is 0 Å². The van der Waals surface area contributed by atoms with Crippen molar-refractivity contribution >= 4 is 15.9 Å². The second-order valence-electron chi connectivity index (χ2n) is 11.7. The summed E-state index contributed by atoms with van der Waals surface area (Å²) >= 11 is 0. The molecule has 1 aromatic heterocycles. The Morgan fingerprint density at radius 3 is 2.35 bits per heavy atom. The van der Waals surface area contributed by atoms with Crippen molar-refractivity contribution in [3.05, 3.63) is 17.5 Å². The number of nitrogens with zero attached hydrogens (tertiary/aromatic N) is 3. The van der Waals surface area contributed by atoms with Crippen LogP contribution in [-0.2, 0) is 14.8 Å². The van der Waals surface area contributed by atoms with Crippen molar-refractivity contribution in [2.45, 2.75) is 99.5 Å². The lowest BCUT2D eigenvalue weighted by Gasteiger charge is -2.41. The maximum atomic E-state index is 13.7. The zero-order valence-electron chi connectivity index (χ0n) is 21.6. The maximum Gasteiger partial charge on any atom is 0.273 e. The summed E-state index contributed by atoms with van der Waals surface area (Å²) in [5, 5.41) is 10.4. The summed E-state index contributed by atoms with van der Waals surface area (Å²) in [6.45, 7) is 5.60. The predicted octanol–water partition coefficient (Wildman–Crippen LogP) is 1.84. The van der Waals surface area contributed by atoms with Gasteiger partial charge in [-0.3, -0.25) is 9.69 Å². The summed E-state index contributed by atoms with van der Waals surface area (Å²) in [5.74, 6) is 1.00. The molecule has 0 radical (unpaired) electrons. The van der Waals surface area contributed by atoms with Crippen LogP contribution in [0, 0.1) is 0 Å². The summed E-state index contributed by atoms with van der Waals surface area (Å²) in [6, 6.07) is 2.11. The van der Waals surface area contributed by atoms with Gasteiger partial charge in [-0.05, 0) is 64.2 Å². The Morgan fingerprint density at radius 2 is 1.68 bits per heavy atom. The molecule has 3 aliphatic heterocycles. The Hall–Kier alpha value is -1.53. The number of fused-ring (bicyclic) bond motifs is 2. The molecule has 3 saturated heterocycles. The van der Waals surface area contributed by atoms with Crippen LogP contribution < -0.4 is 10.6 Å². The van der Waals surface area contributed by atoms with E-state index < -0.39 is 10.0 Å². The van der Waals surface area contributed by atoms with Gasteiger partial charge in [-0.1, -0.05) is 5.16 Å². The lowest BCUT2D eigenvalue weighted by atomic mass is 9.95. The fraction of sp³-hybridized carbons (Fsp3) is 0.846. The third kappa shape index (κ3) is 5.75. The van der Waals surface area contributed by atoms with Crippen molar-refractivity contribution in [2.75, 3.05) is 39.4 Å². The van der Waals surface area contributed by atoms with Gasteiger partial charge in [-0.25, -0.2) is 8.42 Å². The van der Waals surface area contributed by atoms with Crippen molar-refractivity contribution < 1.29 is 22.5 Å². The average Bonchev–Trinajstić information content (AvgIpc) is 3.56. The first-order valence-corrected chi connectivity index (χ1v) is 15.8. The monoisotopic (exact) mass is 535 g/mol. The summed E-state index contributed by atoms with van der Waals surface area (Å²) in [7, 11) is -3.34. The van der Waals surface area contributed by atoms with E-state index >= 15 is 0 Å². The van der Waals surface area contributed by atoms with Gasteiger partial charge in [0.1, 0.15) is 5.76 Å². The summed E-state index contributed by atoms with van der Waals surface area (Å²) < 4.78 is 40.0. The molecule has 2 saturated carbocycles. The van der Waals surface area contributed by atoms with Crippen LogP contribution in [0.3, 0.4) is 0 Å². The second kappa shape index (κ2) is 10.9. The van der Waals surface area contributed by atoms with Crippen molar-refractivity contribution in [3.63, 3.8) is 0 Å². The lowest BCUT2D eigenvalue weighted by Crippen LogP contribution is -2.55. The molecule has 0 spiro atoms. The number of carbonyl (C=O) groups is 1. The van der Waals surface area contributed by atoms with Crippen molar-refractivity contribution in [2.24, 2.45) is 0 Å². The molecule has 2 aliphatic carbocycles. The van der Waals surface area contributed by atoms with Gasteiger partial charge in [-0.2, -0.15) is 4.31 Å². The Bertz CT molecular complexity index is 1030. The number of amides is 1. The molecule has 6 rings (SSSR count). The van der Waals surface area contributed by atoms with Gasteiger partial charge in [0.25, 0.3) is 5.91 Å². The molecule has 1 aromatic rings. The van der Waals surface area contributed by atoms with Gasteiger partial charge >= 0.3 is 0 Å². The number of morpholine rings is 1. The van der Waals surface area contributed by atoms with E-state index in [9.17, 15) is 13.2 Å². The molecule has 10 nitrogen and oxygen atoms in total. The number of carbonyl (C=O) groups excluding carboxylic acids is 1. The van der Waals surface area contributed by atoms with E-state index in [4.69, 9.17) is 9.26 Å². The number of sulfonamides is 1. The van der Waals surface area contributed by atoms with Crippen LogP contribution in [0.25, 0.3) is 0 Å². The molecule has 1 amide bonds. The Labute approximate surface area is 219 Å². The Balaban J connectivity index is 0.979. The normalized spacial score (nSPS) is 33.5. The van der Waals surface area contributed by atoms with Crippen molar-refractivity contribution in [3.8, 4) is 0 Å². The topological polar surface area (TPSA) is 117 Å². The quantitative estimate of drug-likeness (QED) is 0.492. The van der Waals surface area contributed by atoms with Gasteiger partial charge in [0, 0.05) is 62.3 Å². The first kappa shape index (κ1) is 25.7. The van der Waals surface area contributed by atoms with Gasteiger partial charge in [0.15, 0.2) is 5.69 Å². The Morgan fingerprint density at radius 1 is 0.973 bits per heavy atom. The SMILES string of the molecule is O=C(NC1C[C@H]2CC[C@@H](C1)N2S(=O)(=O)C1CCC(NCCN2CCOCC2)CC1)c1cc(C2CC2)on1. The van der Waals surface area contributed by atoms with E-state index in [0.29, 0.717) is 30.5 Å². The molecule has 0 aromatic carbocycles. The number of piperidine rings is 1. The lowest BCUT2D eigenvalue weighted by molar-refractivity contribution is 0.0380. The number of aromatic nitrogens is 1. The van der Waals surface area contributed by atoms with Crippen molar-refractivity contribution in [1.29, 1.82) is 0 Å². The molecule has 2 bridgehead atoms. The number of rotatable bonds is 9. The van der Waals surface area contributed by atoms with Crippen LogP contribution in [-0.4, -0.2) is 97.5 Å². The smallest absolute Gasteiger partial charge is 0.273 e. The van der Waals surface area contributed by atoms with E-state index in [1.54, 1.807) is 6.07 Å². The van der Waals surface area contributed by atoms with Crippen LogP contribution in [0.5, 0.6) is 0 Å². The molecule has 3 atom stereocenters. The van der Waals surface area contributed by atoms with Gasteiger partial charge in [-0.15, -0.1) is 0 Å². The minimum Gasteiger partial charge on any atom is -0.379 e. The molecule has 1 unspecified atom stereocenters. The molecular formula is C26H41N5O5S. The molecule has 5 aliphatic rings. The fourth-order valence-corrected chi connectivity index (χ4v) is 9.30. The standard InChI is InChI=1S/C26H41N5O5S/c32-26(24-17-25(36-29-24)18-1-2-18)28-20-15-21-5-6-22(16-20)31(21)37(33,34)23-7-3-19(4-8-23)27-9-10-30-11-13-35-14-12-30/h17-23,27H,1-16H2,(H,28,32)/t19?,20?,21-,22+,23?. The van der Waals surface area contributed by atoms with Crippen LogP contribution in [0.4, 0.5) is 0 Å². The number of ether oxygens (including phenoxy) is 1. The zero-order valence-corrected chi connectivity index (χ0v) is 22.5. The molecule has 11 heteroatoms. The maximum absolute atomic E-state index is 13.7. The number of hydrogen-bond donors (Lipinski definition) is 2. The predicted molar refractivity (Wildman–Crippen MR) is 138 cm³/mol. The molecule has 37 heavy (non-hydrogen) atoms. The highest BCUT2D eigenvalue weighted by Crippen LogP contribution is 2.42. The summed E-state index contributed by atoms with van der Waals surface area (Å²) in [5.41, 5.74) is 0.333. The van der Waals surface area contributed by atoms with E-state index in [1.165, 1.54) is 0 Å². The van der Waals surface area contributed by atoms with Crippen molar-refractivity contribution in [1.82, 2.24) is 25.0 Å². The number of nitrogens with one attached hydrogen (secondary N) is 2. The fourth-order valence-electron chi connectivity index (χ4n) is 6.87. The highest BCUT2D eigenvalue weighted by Gasteiger charge is 2.49. The van der Waals surface area contributed by atoms with Crippen LogP contribution in [0.15, 0.2) is 10.6 Å². The van der Waals surface area contributed by atoms with Gasteiger partial charge in [0.2, 0.25) is 10.0 Å². The highest BCUT2D eigenvalue weighted by atomic mass is 32.2. The minimum atomic E-state index is -3.34.